The highest BCUT2D eigenvalue weighted by molar-refractivity contribution is 6.27. The fourth-order valence-corrected chi connectivity index (χ4v) is 3.15. The van der Waals surface area contributed by atoms with Crippen LogP contribution in [0, 0.1) is 0 Å². The van der Waals surface area contributed by atoms with Gasteiger partial charge in [0.25, 0.3) is 0 Å². The van der Waals surface area contributed by atoms with Gasteiger partial charge in [0.15, 0.2) is 11.6 Å². The Balaban J connectivity index is 2.43. The van der Waals surface area contributed by atoms with Gasteiger partial charge in [0.05, 0.1) is 31.4 Å². The van der Waals surface area contributed by atoms with E-state index in [1.165, 1.54) is 20.3 Å². The van der Waals surface area contributed by atoms with E-state index in [0.717, 1.165) is 25.7 Å². The number of ether oxygens (including phenoxy) is 2. The lowest BCUT2D eigenvalue weighted by molar-refractivity contribution is 0.0973. The molecular formula is C19H23N3O4. The molecule has 1 aliphatic carbocycles. The SMILES string of the molecule is CCCCCCC(N=[N+]=[N-])C1=CC(=O)c2c(OC)ccc(OC)c2C1=O. The highest BCUT2D eigenvalue weighted by Gasteiger charge is 2.34. The molecule has 0 radical (unpaired) electrons. The molecule has 2 rings (SSSR count). The molecule has 7 heteroatoms. The number of hydrogen-bond acceptors (Lipinski definition) is 5. The van der Waals surface area contributed by atoms with Gasteiger partial charge in [-0.05, 0) is 30.2 Å². The number of fused-ring (bicyclic) bond motifs is 1. The Bertz CT molecular complexity index is 779. The van der Waals surface area contributed by atoms with Gasteiger partial charge in [0.2, 0.25) is 0 Å². The van der Waals surface area contributed by atoms with Crippen LogP contribution in [0.25, 0.3) is 10.4 Å². The quantitative estimate of drug-likeness (QED) is 0.277. The number of unbranched alkanes of at least 4 members (excludes halogenated alkanes) is 3. The number of rotatable bonds is 9. The Morgan fingerprint density at radius 3 is 2.31 bits per heavy atom. The van der Waals surface area contributed by atoms with Crippen LogP contribution in [0.5, 0.6) is 11.5 Å². The highest BCUT2D eigenvalue weighted by atomic mass is 16.5. The number of hydrogen-bond donors (Lipinski definition) is 0. The van der Waals surface area contributed by atoms with E-state index in [2.05, 4.69) is 16.9 Å². The van der Waals surface area contributed by atoms with Gasteiger partial charge >= 0.3 is 0 Å². The average Bonchev–Trinajstić information content (AvgIpc) is 2.66. The molecule has 1 aliphatic rings. The average molecular weight is 357 g/mol. The first-order valence-electron chi connectivity index (χ1n) is 8.68. The lowest BCUT2D eigenvalue weighted by atomic mass is 9.84. The normalized spacial score (nSPS) is 14.2. The number of methoxy groups -OCH3 is 2. The van der Waals surface area contributed by atoms with Gasteiger partial charge in [-0.1, -0.05) is 37.7 Å². The van der Waals surface area contributed by atoms with Crippen LogP contribution < -0.4 is 9.47 Å². The van der Waals surface area contributed by atoms with Gasteiger partial charge in [-0.2, -0.15) is 0 Å². The monoisotopic (exact) mass is 357 g/mol. The predicted molar refractivity (Wildman–Crippen MR) is 98.0 cm³/mol. The Morgan fingerprint density at radius 2 is 1.73 bits per heavy atom. The van der Waals surface area contributed by atoms with Crippen LogP contribution in [-0.4, -0.2) is 31.8 Å². The van der Waals surface area contributed by atoms with Gasteiger partial charge in [0, 0.05) is 10.5 Å². The predicted octanol–water partition coefficient (Wildman–Crippen LogP) is 4.66. The summed E-state index contributed by atoms with van der Waals surface area (Å²) in [5, 5.41) is 3.77. The summed E-state index contributed by atoms with van der Waals surface area (Å²) in [7, 11) is 2.88. The van der Waals surface area contributed by atoms with Crippen LogP contribution in [-0.2, 0) is 0 Å². The highest BCUT2D eigenvalue weighted by Crippen LogP contribution is 2.37. The second-order valence-electron chi connectivity index (χ2n) is 6.08. The van der Waals surface area contributed by atoms with E-state index in [4.69, 9.17) is 15.0 Å². The molecule has 0 amide bonds. The van der Waals surface area contributed by atoms with Crippen molar-refractivity contribution < 1.29 is 19.1 Å². The van der Waals surface area contributed by atoms with Crippen LogP contribution in [0.3, 0.4) is 0 Å². The summed E-state index contributed by atoms with van der Waals surface area (Å²) in [5.74, 6) is -0.0894. The zero-order valence-electron chi connectivity index (χ0n) is 15.3. The van der Waals surface area contributed by atoms with Gasteiger partial charge in [-0.3, -0.25) is 9.59 Å². The lowest BCUT2D eigenvalue weighted by Gasteiger charge is -2.22. The van der Waals surface area contributed by atoms with E-state index < -0.39 is 6.04 Å². The molecule has 138 valence electrons. The van der Waals surface area contributed by atoms with E-state index in [0.29, 0.717) is 17.9 Å². The number of Topliss-reactive ketones (excluding diaryl/α,β-unsaturated/α-hetero) is 1. The lowest BCUT2D eigenvalue weighted by Crippen LogP contribution is -2.25. The summed E-state index contributed by atoms with van der Waals surface area (Å²) < 4.78 is 10.5. The Kier molecular flexibility index (Phi) is 6.81. The second kappa shape index (κ2) is 9.06. The number of ketones is 2. The minimum Gasteiger partial charge on any atom is -0.496 e. The topological polar surface area (TPSA) is 101 Å². The smallest absolute Gasteiger partial charge is 0.194 e. The van der Waals surface area contributed by atoms with Gasteiger partial charge in [-0.25, -0.2) is 0 Å². The van der Waals surface area contributed by atoms with Crippen LogP contribution in [0.1, 0.15) is 59.7 Å². The van der Waals surface area contributed by atoms with E-state index in [1.54, 1.807) is 12.1 Å². The molecule has 7 nitrogen and oxygen atoms in total. The van der Waals surface area contributed by atoms with Crippen molar-refractivity contribution >= 4 is 11.6 Å². The zero-order chi connectivity index (χ0) is 19.1. The van der Waals surface area contributed by atoms with Gasteiger partial charge in [-0.15, -0.1) is 0 Å². The minimum absolute atomic E-state index is 0.168. The number of benzene rings is 1. The maximum Gasteiger partial charge on any atom is 0.194 e. The number of carbonyl (C=O) groups is 2. The molecule has 0 heterocycles. The van der Waals surface area contributed by atoms with E-state index in [9.17, 15) is 9.59 Å². The van der Waals surface area contributed by atoms with Crippen LogP contribution in [0.15, 0.2) is 28.9 Å². The van der Waals surface area contributed by atoms with Crippen LogP contribution in [0.2, 0.25) is 0 Å². The molecule has 1 aromatic rings. The zero-order valence-corrected chi connectivity index (χ0v) is 15.3. The van der Waals surface area contributed by atoms with Crippen molar-refractivity contribution in [1.29, 1.82) is 0 Å². The molecule has 0 fully saturated rings. The molecular weight excluding hydrogens is 334 g/mol. The fraction of sp³-hybridized carbons (Fsp3) is 0.474. The largest absolute Gasteiger partial charge is 0.496 e. The van der Waals surface area contributed by atoms with Crippen molar-refractivity contribution in [2.24, 2.45) is 5.11 Å². The van der Waals surface area contributed by atoms with Crippen molar-refractivity contribution in [3.8, 4) is 11.5 Å². The minimum atomic E-state index is -0.669. The summed E-state index contributed by atoms with van der Waals surface area (Å²) in [6.45, 7) is 2.10. The number of carbonyl (C=O) groups excluding carboxylic acids is 2. The Labute approximate surface area is 152 Å². The van der Waals surface area contributed by atoms with E-state index >= 15 is 0 Å². The fourth-order valence-electron chi connectivity index (χ4n) is 3.15. The molecule has 26 heavy (non-hydrogen) atoms. The molecule has 0 bridgehead atoms. The van der Waals surface area contributed by atoms with Crippen molar-refractivity contribution in [1.82, 2.24) is 0 Å². The Morgan fingerprint density at radius 1 is 1.08 bits per heavy atom. The van der Waals surface area contributed by atoms with Crippen molar-refractivity contribution in [2.45, 2.75) is 45.1 Å². The molecule has 0 spiro atoms. The van der Waals surface area contributed by atoms with Gasteiger partial charge in [0.1, 0.15) is 11.5 Å². The molecule has 0 saturated carbocycles. The first-order valence-corrected chi connectivity index (χ1v) is 8.68. The summed E-state index contributed by atoms with van der Waals surface area (Å²) in [5.41, 5.74) is 9.46. The number of azide groups is 1. The maximum atomic E-state index is 13.1. The number of nitrogens with zero attached hydrogens (tertiary/aromatic N) is 3. The van der Waals surface area contributed by atoms with Crippen LogP contribution >= 0.6 is 0 Å². The molecule has 1 atom stereocenters. The molecule has 1 unspecified atom stereocenters. The second-order valence-corrected chi connectivity index (χ2v) is 6.08. The standard InChI is InChI=1S/C19H23N3O4/c1-4-5-6-7-8-13(21-22-20)12-11-14(23)17-15(25-2)9-10-16(26-3)18(17)19(12)24/h9-11,13H,4-8H2,1-3H3. The summed E-state index contributed by atoms with van der Waals surface area (Å²) in [6, 6.07) is 2.52. The first-order chi connectivity index (χ1) is 12.6. The van der Waals surface area contributed by atoms with Crippen molar-refractivity contribution in [2.75, 3.05) is 14.2 Å². The third kappa shape index (κ3) is 3.89. The van der Waals surface area contributed by atoms with Gasteiger partial charge < -0.3 is 9.47 Å². The molecule has 0 N–H and O–H groups in total. The molecule has 0 saturated heterocycles. The molecule has 0 aromatic heterocycles. The number of allylic oxidation sites excluding steroid dienone is 1. The molecule has 1 aromatic carbocycles. The third-order valence-electron chi connectivity index (χ3n) is 4.47. The summed E-state index contributed by atoms with van der Waals surface area (Å²) in [4.78, 5) is 28.6. The van der Waals surface area contributed by atoms with E-state index in [1.807, 2.05) is 0 Å². The summed E-state index contributed by atoms with van der Waals surface area (Å²) in [6.07, 6.45) is 5.75. The molecule has 0 aliphatic heterocycles. The Hall–Kier alpha value is -2.79. The van der Waals surface area contributed by atoms with E-state index in [-0.39, 0.29) is 28.3 Å². The first kappa shape index (κ1) is 19.5. The maximum absolute atomic E-state index is 13.1. The summed E-state index contributed by atoms with van der Waals surface area (Å²) >= 11 is 0. The van der Waals surface area contributed by atoms with Crippen LogP contribution in [0.4, 0.5) is 0 Å². The van der Waals surface area contributed by atoms with Crippen molar-refractivity contribution in [3.05, 3.63) is 45.4 Å². The van der Waals surface area contributed by atoms with Crippen molar-refractivity contribution in [3.63, 3.8) is 0 Å². The third-order valence-corrected chi connectivity index (χ3v) is 4.47.